The maximum atomic E-state index is 12.4. The molecule has 0 saturated carbocycles. The second-order valence-corrected chi connectivity index (χ2v) is 7.40. The predicted octanol–water partition coefficient (Wildman–Crippen LogP) is 2.74. The van der Waals surface area contributed by atoms with Crippen LogP contribution in [0.3, 0.4) is 0 Å². The van der Waals surface area contributed by atoms with Crippen LogP contribution in [-0.2, 0) is 16.1 Å². The Morgan fingerprint density at radius 1 is 1.23 bits per heavy atom. The lowest BCUT2D eigenvalue weighted by Crippen LogP contribution is -2.51. The van der Waals surface area contributed by atoms with Gasteiger partial charge in [0.1, 0.15) is 0 Å². The number of carboxylic acids is 1. The summed E-state index contributed by atoms with van der Waals surface area (Å²) < 4.78 is 37.8. The fourth-order valence-corrected chi connectivity index (χ4v) is 3.54. The first-order valence-electron chi connectivity index (χ1n) is 10.0. The summed E-state index contributed by atoms with van der Waals surface area (Å²) in [6.07, 6.45) is -1.99. The van der Waals surface area contributed by atoms with Crippen molar-refractivity contribution in [2.24, 2.45) is 5.92 Å². The number of amides is 2. The van der Waals surface area contributed by atoms with Crippen molar-refractivity contribution in [2.75, 3.05) is 39.3 Å². The van der Waals surface area contributed by atoms with Gasteiger partial charge in [-0.05, 0) is 12.0 Å². The highest BCUT2D eigenvalue weighted by Gasteiger charge is 2.38. The lowest BCUT2D eigenvalue weighted by Gasteiger charge is -2.37. The van der Waals surface area contributed by atoms with E-state index in [4.69, 9.17) is 14.6 Å². The monoisotopic (exact) mass is 443 g/mol. The van der Waals surface area contributed by atoms with Gasteiger partial charge in [0.2, 0.25) is 0 Å². The highest BCUT2D eigenvalue weighted by Crippen LogP contribution is 2.24. The Bertz CT molecular complexity index is 730. The topological polar surface area (TPSA) is 82.1 Å². The molecule has 0 radical (unpaired) electrons. The van der Waals surface area contributed by atoms with E-state index >= 15 is 0 Å². The van der Waals surface area contributed by atoms with Crippen LogP contribution in [0.5, 0.6) is 0 Å². The maximum absolute atomic E-state index is 12.4. The van der Waals surface area contributed by atoms with E-state index in [0.29, 0.717) is 19.0 Å². The number of urea groups is 1. The van der Waals surface area contributed by atoms with Gasteiger partial charge in [-0.25, -0.2) is 9.59 Å². The number of fused-ring (bicyclic) bond motifs is 1. The fraction of sp³-hybridized carbons (Fsp3) is 0.524. The molecule has 2 aliphatic heterocycles. The van der Waals surface area contributed by atoms with Crippen molar-refractivity contribution in [3.63, 3.8) is 0 Å². The number of nitrogens with zero attached hydrogens (tertiary/aromatic N) is 2. The van der Waals surface area contributed by atoms with E-state index in [9.17, 15) is 18.0 Å². The highest BCUT2D eigenvalue weighted by atomic mass is 19.4. The molecule has 0 bridgehead atoms. The van der Waals surface area contributed by atoms with Crippen LogP contribution in [0.4, 0.5) is 18.0 Å². The van der Waals surface area contributed by atoms with Crippen LogP contribution < -0.4 is 5.32 Å². The van der Waals surface area contributed by atoms with E-state index in [1.165, 1.54) is 0 Å². The maximum Gasteiger partial charge on any atom is 0.490 e. The number of carboxylic acid groups (broad SMARTS) is 1. The van der Waals surface area contributed by atoms with Gasteiger partial charge in [0.25, 0.3) is 0 Å². The molecule has 0 aliphatic carbocycles. The molecule has 2 atom stereocenters. The fourth-order valence-electron chi connectivity index (χ4n) is 3.54. The molecular formula is C21H28F3N3O4. The lowest BCUT2D eigenvalue weighted by molar-refractivity contribution is -0.192. The van der Waals surface area contributed by atoms with Crippen LogP contribution in [0.25, 0.3) is 0 Å². The molecule has 2 aliphatic rings. The predicted molar refractivity (Wildman–Crippen MR) is 108 cm³/mol. The third-order valence-electron chi connectivity index (χ3n) is 5.13. The molecule has 2 N–H and O–H groups in total. The van der Waals surface area contributed by atoms with Crippen LogP contribution in [-0.4, -0.2) is 78.5 Å². The Morgan fingerprint density at radius 3 is 2.52 bits per heavy atom. The molecule has 2 amide bonds. The van der Waals surface area contributed by atoms with Gasteiger partial charge in [-0.15, -0.1) is 6.58 Å². The summed E-state index contributed by atoms with van der Waals surface area (Å²) in [5.41, 5.74) is 1.12. The molecule has 3 rings (SSSR count). The van der Waals surface area contributed by atoms with Crippen LogP contribution >= 0.6 is 0 Å². The molecule has 2 heterocycles. The largest absolute Gasteiger partial charge is 0.490 e. The Labute approximate surface area is 179 Å². The standard InChI is InChI=1S/C19H27N3O2.C2HF3O2/c1-2-9-21-11-12-24-18-15-22(10-8-17(18)14-21)19(23)20-13-16-6-4-3-5-7-16;3-2(4,5)1(6)7/h2-7,17-18H,1,8-15H2,(H,20,23);(H,6,7)/t17-,18-;/m1./s1. The van der Waals surface area contributed by atoms with Crippen molar-refractivity contribution < 1.29 is 32.6 Å². The van der Waals surface area contributed by atoms with Crippen molar-refractivity contribution in [3.05, 3.63) is 48.6 Å². The number of hydrogen-bond donors (Lipinski definition) is 2. The zero-order valence-electron chi connectivity index (χ0n) is 17.2. The second kappa shape index (κ2) is 11.7. The number of hydrogen-bond acceptors (Lipinski definition) is 4. The smallest absolute Gasteiger partial charge is 0.475 e. The number of piperidine rings is 1. The van der Waals surface area contributed by atoms with Gasteiger partial charge in [0.15, 0.2) is 0 Å². The minimum Gasteiger partial charge on any atom is -0.475 e. The molecule has 10 heteroatoms. The van der Waals surface area contributed by atoms with Crippen molar-refractivity contribution in [1.29, 1.82) is 0 Å². The van der Waals surface area contributed by atoms with E-state index in [1.807, 2.05) is 41.3 Å². The summed E-state index contributed by atoms with van der Waals surface area (Å²) in [4.78, 5) is 25.6. The third kappa shape index (κ3) is 8.22. The minimum atomic E-state index is -5.08. The summed E-state index contributed by atoms with van der Waals surface area (Å²) in [5, 5.41) is 10.1. The van der Waals surface area contributed by atoms with Crippen molar-refractivity contribution in [2.45, 2.75) is 25.2 Å². The Kier molecular flexibility index (Phi) is 9.32. The van der Waals surface area contributed by atoms with Crippen LogP contribution in [0.1, 0.15) is 12.0 Å². The van der Waals surface area contributed by atoms with Gasteiger partial charge in [-0.3, -0.25) is 4.90 Å². The van der Waals surface area contributed by atoms with E-state index in [-0.39, 0.29) is 12.1 Å². The quantitative estimate of drug-likeness (QED) is 0.700. The molecule has 31 heavy (non-hydrogen) atoms. The van der Waals surface area contributed by atoms with Gasteiger partial charge in [0.05, 0.1) is 12.7 Å². The number of halogens is 3. The zero-order chi connectivity index (χ0) is 22.9. The number of ether oxygens (including phenoxy) is 1. The number of aliphatic carboxylic acids is 1. The van der Waals surface area contributed by atoms with E-state index in [2.05, 4.69) is 16.8 Å². The normalized spacial score (nSPS) is 21.7. The Morgan fingerprint density at radius 2 is 1.90 bits per heavy atom. The van der Waals surface area contributed by atoms with Gasteiger partial charge in [-0.2, -0.15) is 13.2 Å². The summed E-state index contributed by atoms with van der Waals surface area (Å²) in [6, 6.07) is 10.0. The van der Waals surface area contributed by atoms with Gasteiger partial charge >= 0.3 is 18.2 Å². The summed E-state index contributed by atoms with van der Waals surface area (Å²) in [7, 11) is 0. The van der Waals surface area contributed by atoms with E-state index < -0.39 is 12.1 Å². The molecule has 172 valence electrons. The molecule has 1 aromatic rings. The second-order valence-electron chi connectivity index (χ2n) is 7.40. The molecule has 0 spiro atoms. The molecule has 0 aromatic heterocycles. The number of benzene rings is 1. The first-order valence-corrected chi connectivity index (χ1v) is 10.0. The average molecular weight is 443 g/mol. The molecular weight excluding hydrogens is 415 g/mol. The highest BCUT2D eigenvalue weighted by molar-refractivity contribution is 5.74. The zero-order valence-corrected chi connectivity index (χ0v) is 17.2. The number of nitrogens with one attached hydrogen (secondary N) is 1. The summed E-state index contributed by atoms with van der Waals surface area (Å²) in [6.45, 7) is 9.50. The van der Waals surface area contributed by atoms with Crippen molar-refractivity contribution in [3.8, 4) is 0 Å². The molecule has 1 aromatic carbocycles. The van der Waals surface area contributed by atoms with Crippen molar-refractivity contribution >= 4 is 12.0 Å². The summed E-state index contributed by atoms with van der Waals surface area (Å²) >= 11 is 0. The third-order valence-corrected chi connectivity index (χ3v) is 5.13. The lowest BCUT2D eigenvalue weighted by atomic mass is 9.93. The van der Waals surface area contributed by atoms with Crippen LogP contribution in [0.2, 0.25) is 0 Å². The minimum absolute atomic E-state index is 0.00750. The molecule has 2 fully saturated rings. The van der Waals surface area contributed by atoms with Crippen molar-refractivity contribution in [1.82, 2.24) is 15.1 Å². The van der Waals surface area contributed by atoms with Gasteiger partial charge in [-0.1, -0.05) is 36.4 Å². The molecule has 7 nitrogen and oxygen atoms in total. The Balaban J connectivity index is 0.000000423. The van der Waals surface area contributed by atoms with E-state index in [1.54, 1.807) is 0 Å². The summed E-state index contributed by atoms with van der Waals surface area (Å²) in [5.74, 6) is -2.25. The number of carbonyl (C=O) groups excluding carboxylic acids is 1. The number of carbonyl (C=O) groups is 2. The van der Waals surface area contributed by atoms with E-state index in [0.717, 1.165) is 44.8 Å². The number of likely N-dealkylation sites (tertiary alicyclic amines) is 1. The average Bonchev–Trinajstić information content (AvgIpc) is 2.94. The molecule has 2 saturated heterocycles. The molecule has 0 unspecified atom stereocenters. The Hall–Kier alpha value is -2.59. The number of alkyl halides is 3. The number of rotatable bonds is 4. The van der Waals surface area contributed by atoms with Gasteiger partial charge < -0.3 is 20.1 Å². The van der Waals surface area contributed by atoms with Gasteiger partial charge in [0, 0.05) is 45.2 Å². The first kappa shape index (κ1) is 24.7. The SMILES string of the molecule is C=CCN1CCO[C@@H]2CN(C(=O)NCc3ccccc3)CC[C@@H]2C1.O=C(O)C(F)(F)F. The first-order chi connectivity index (χ1) is 14.7. The van der Waals surface area contributed by atoms with Crippen LogP contribution in [0, 0.1) is 5.92 Å². The van der Waals surface area contributed by atoms with Crippen LogP contribution in [0.15, 0.2) is 43.0 Å².